The zero-order chi connectivity index (χ0) is 8.39. The Hall–Kier alpha value is -1.71. The lowest BCUT2D eigenvalue weighted by Gasteiger charge is -1.95. The van der Waals surface area contributed by atoms with E-state index in [0.717, 1.165) is 0 Å². The summed E-state index contributed by atoms with van der Waals surface area (Å²) in [5.41, 5.74) is 0.952. The summed E-state index contributed by atoms with van der Waals surface area (Å²) < 4.78 is 12.8. The molecule has 0 aliphatic heterocycles. The Balaban J connectivity index is 2.51. The van der Waals surface area contributed by atoms with Crippen molar-refractivity contribution in [1.29, 1.82) is 0 Å². The summed E-state index contributed by atoms with van der Waals surface area (Å²) in [5, 5.41) is 3.40. The molecule has 0 fully saturated rings. The van der Waals surface area contributed by atoms with Gasteiger partial charge in [-0.15, -0.1) is 0 Å². The van der Waals surface area contributed by atoms with E-state index in [1.807, 2.05) is 0 Å². The Labute approximate surface area is 68.4 Å². The van der Waals surface area contributed by atoms with E-state index in [2.05, 4.69) is 10.1 Å². The predicted molar refractivity (Wildman–Crippen MR) is 42.0 cm³/mol. The molecule has 4 heteroatoms. The van der Waals surface area contributed by atoms with Gasteiger partial charge in [-0.25, -0.2) is 0 Å². The summed E-state index contributed by atoms with van der Waals surface area (Å²) in [4.78, 5) is 4.29. The average Bonchev–Trinajstić information content (AvgIpc) is 2.53. The van der Waals surface area contributed by atoms with Crippen molar-refractivity contribution in [1.82, 2.24) is 15.0 Å². The second-order valence-corrected chi connectivity index (χ2v) is 2.29. The number of rotatable bonds is 1. The summed E-state index contributed by atoms with van der Waals surface area (Å²) in [6, 6.07) is 6.88. The molecule has 0 aliphatic rings. The predicted octanol–water partition coefficient (Wildman–Crippen LogP) is 1.68. The van der Waals surface area contributed by atoms with Gasteiger partial charge in [-0.1, -0.05) is 15.5 Å². The molecule has 60 valence electrons. The molecule has 3 nitrogen and oxygen atoms in total. The van der Waals surface area contributed by atoms with E-state index in [4.69, 9.17) is 0 Å². The van der Waals surface area contributed by atoms with E-state index in [1.54, 1.807) is 30.5 Å². The lowest BCUT2D eigenvalue weighted by molar-refractivity contribution is 0.322. The van der Waals surface area contributed by atoms with Crippen LogP contribution in [-0.2, 0) is 0 Å². The molecule has 0 saturated carbocycles. The van der Waals surface area contributed by atoms with Crippen molar-refractivity contribution in [3.05, 3.63) is 36.7 Å². The quantitative estimate of drug-likeness (QED) is 0.640. The molecule has 0 unspecified atom stereocenters. The second kappa shape index (κ2) is 2.73. The minimum Gasteiger partial charge on any atom is -0.255 e. The molecule has 2 aromatic heterocycles. The van der Waals surface area contributed by atoms with Gasteiger partial charge < -0.3 is 0 Å². The van der Waals surface area contributed by atoms with Crippen LogP contribution in [0.5, 0.6) is 0 Å². The molecule has 0 saturated heterocycles. The molecule has 0 bridgehead atoms. The maximum Gasteiger partial charge on any atom is 0.123 e. The van der Waals surface area contributed by atoms with Crippen LogP contribution in [0.1, 0.15) is 0 Å². The summed E-state index contributed by atoms with van der Waals surface area (Å²) in [6.45, 7) is 0. The first-order valence-electron chi connectivity index (χ1n) is 3.49. The molecular formula is C8H6FN3. The van der Waals surface area contributed by atoms with Gasteiger partial charge in [0.25, 0.3) is 0 Å². The third-order valence-corrected chi connectivity index (χ3v) is 1.53. The third kappa shape index (κ3) is 1.07. The van der Waals surface area contributed by atoms with Gasteiger partial charge in [0, 0.05) is 6.20 Å². The molecule has 0 spiro atoms. The first-order valence-corrected chi connectivity index (χ1v) is 3.49. The van der Waals surface area contributed by atoms with Crippen LogP contribution in [0.4, 0.5) is 4.48 Å². The largest absolute Gasteiger partial charge is 0.255 e. The van der Waals surface area contributed by atoms with Crippen molar-refractivity contribution in [2.24, 2.45) is 0 Å². The van der Waals surface area contributed by atoms with Crippen LogP contribution in [0.2, 0.25) is 0 Å². The topological polar surface area (TPSA) is 30.7 Å². The maximum atomic E-state index is 12.8. The number of nitrogens with zero attached hydrogens (tertiary/aromatic N) is 3. The second-order valence-electron chi connectivity index (χ2n) is 2.29. The molecule has 0 amide bonds. The summed E-state index contributed by atoms with van der Waals surface area (Å²) in [7, 11) is 0. The van der Waals surface area contributed by atoms with E-state index >= 15 is 0 Å². The highest BCUT2D eigenvalue weighted by Crippen LogP contribution is 2.14. The average molecular weight is 163 g/mol. The maximum absolute atomic E-state index is 12.8. The van der Waals surface area contributed by atoms with Crippen molar-refractivity contribution < 1.29 is 4.48 Å². The third-order valence-electron chi connectivity index (χ3n) is 1.53. The highest BCUT2D eigenvalue weighted by molar-refractivity contribution is 5.52. The van der Waals surface area contributed by atoms with Crippen molar-refractivity contribution in [3.8, 4) is 11.4 Å². The van der Waals surface area contributed by atoms with Crippen LogP contribution in [0.15, 0.2) is 36.7 Å². The lowest BCUT2D eigenvalue weighted by Crippen LogP contribution is -1.89. The van der Waals surface area contributed by atoms with Crippen molar-refractivity contribution >= 4 is 0 Å². The number of aromatic nitrogens is 3. The minimum atomic E-state index is 0.308. The van der Waals surface area contributed by atoms with E-state index in [-0.39, 0.29) is 0 Å². The van der Waals surface area contributed by atoms with Gasteiger partial charge >= 0.3 is 0 Å². The molecule has 12 heavy (non-hydrogen) atoms. The number of pyridine rings is 1. The summed E-state index contributed by atoms with van der Waals surface area (Å²) in [5.74, 6) is 0. The van der Waals surface area contributed by atoms with Crippen LogP contribution in [-0.4, -0.2) is 15.0 Å². The van der Waals surface area contributed by atoms with Gasteiger partial charge in [0.05, 0.1) is 11.9 Å². The minimum absolute atomic E-state index is 0.308. The monoisotopic (exact) mass is 163 g/mol. The number of halogens is 1. The van der Waals surface area contributed by atoms with Crippen LogP contribution < -0.4 is 0 Å². The molecular weight excluding hydrogens is 157 g/mol. The Morgan fingerprint density at radius 1 is 1.17 bits per heavy atom. The Morgan fingerprint density at radius 3 is 2.67 bits per heavy atom. The first-order chi connectivity index (χ1) is 5.88. The Kier molecular flexibility index (Phi) is 1.59. The normalized spacial score (nSPS) is 10.1. The molecule has 0 radical (unpaired) electrons. The molecule has 2 aromatic rings. The van der Waals surface area contributed by atoms with Gasteiger partial charge in [0.2, 0.25) is 0 Å². The van der Waals surface area contributed by atoms with Crippen LogP contribution in [0.3, 0.4) is 0 Å². The van der Waals surface area contributed by atoms with Crippen molar-refractivity contribution in [3.63, 3.8) is 0 Å². The van der Waals surface area contributed by atoms with Gasteiger partial charge in [0.1, 0.15) is 5.69 Å². The van der Waals surface area contributed by atoms with Gasteiger partial charge in [-0.3, -0.25) is 4.98 Å². The molecule has 2 heterocycles. The van der Waals surface area contributed by atoms with E-state index in [0.29, 0.717) is 16.3 Å². The Bertz CT molecular complexity index is 369. The van der Waals surface area contributed by atoms with Gasteiger partial charge in [-0.2, -0.15) is 5.10 Å². The number of hydrogen-bond donors (Lipinski definition) is 0. The van der Waals surface area contributed by atoms with E-state index in [9.17, 15) is 4.48 Å². The SMILES string of the molecule is Fn1nccc1-c1ccccn1. The van der Waals surface area contributed by atoms with Gasteiger partial charge in [-0.05, 0) is 18.2 Å². The van der Waals surface area contributed by atoms with Crippen molar-refractivity contribution in [2.75, 3.05) is 0 Å². The molecule has 0 N–H and O–H groups in total. The highest BCUT2D eigenvalue weighted by atomic mass is 19.2. The molecule has 0 atom stereocenters. The summed E-state index contributed by atoms with van der Waals surface area (Å²) in [6.07, 6.45) is 3.01. The number of hydrogen-bond acceptors (Lipinski definition) is 2. The van der Waals surface area contributed by atoms with Gasteiger partial charge in [0.15, 0.2) is 0 Å². The zero-order valence-corrected chi connectivity index (χ0v) is 6.18. The highest BCUT2D eigenvalue weighted by Gasteiger charge is 2.03. The molecule has 0 aliphatic carbocycles. The lowest BCUT2D eigenvalue weighted by atomic mass is 10.3. The summed E-state index contributed by atoms with van der Waals surface area (Å²) >= 11 is 0. The van der Waals surface area contributed by atoms with Crippen LogP contribution >= 0.6 is 0 Å². The first kappa shape index (κ1) is 6.97. The van der Waals surface area contributed by atoms with E-state index < -0.39 is 0 Å². The van der Waals surface area contributed by atoms with Crippen LogP contribution in [0.25, 0.3) is 11.4 Å². The molecule has 0 aromatic carbocycles. The zero-order valence-electron chi connectivity index (χ0n) is 6.18. The van der Waals surface area contributed by atoms with Crippen molar-refractivity contribution in [2.45, 2.75) is 0 Å². The fraction of sp³-hybridized carbons (Fsp3) is 0. The fourth-order valence-corrected chi connectivity index (χ4v) is 0.980. The smallest absolute Gasteiger partial charge is 0.123 e. The van der Waals surface area contributed by atoms with E-state index in [1.165, 1.54) is 6.20 Å². The fourth-order valence-electron chi connectivity index (χ4n) is 0.980. The Morgan fingerprint density at radius 2 is 2.08 bits per heavy atom. The standard InChI is InChI=1S/C8H6FN3/c9-12-8(4-6-11-12)7-3-1-2-5-10-7/h1-6H. The molecule has 2 rings (SSSR count). The van der Waals surface area contributed by atoms with Crippen LogP contribution in [0, 0.1) is 0 Å².